The van der Waals surface area contributed by atoms with Gasteiger partial charge in [0.2, 0.25) is 5.88 Å². The van der Waals surface area contributed by atoms with Crippen molar-refractivity contribution < 1.29 is 14.3 Å². The molecule has 0 aliphatic heterocycles. The molecule has 0 unspecified atom stereocenters. The van der Waals surface area contributed by atoms with Crippen molar-refractivity contribution in [3.63, 3.8) is 0 Å². The highest BCUT2D eigenvalue weighted by Gasteiger charge is 2.18. The quantitative estimate of drug-likeness (QED) is 0.350. The zero-order valence-corrected chi connectivity index (χ0v) is 16.6. The fourth-order valence-electron chi connectivity index (χ4n) is 2.50. The topological polar surface area (TPSA) is 93.7 Å². The van der Waals surface area contributed by atoms with Crippen molar-refractivity contribution in [2.24, 2.45) is 0 Å². The molecule has 0 aliphatic rings. The number of ether oxygens (including phenoxy) is 2. The number of hydrogen-bond acceptors (Lipinski definition) is 6. The van der Waals surface area contributed by atoms with Crippen LogP contribution in [0.1, 0.15) is 11.1 Å². The molecular formula is C20H14BrN3O4. The fourth-order valence-corrected chi connectivity index (χ4v) is 2.76. The van der Waals surface area contributed by atoms with Crippen molar-refractivity contribution in [3.05, 3.63) is 74.1 Å². The highest BCUT2D eigenvalue weighted by molar-refractivity contribution is 9.10. The SMILES string of the molecule is COC(=O)C(C#N)=Cc1c(Oc2ccc(Br)cc2)nc2c(C)cccn2c1=O. The Hall–Kier alpha value is -3.44. The third-order valence-electron chi connectivity index (χ3n) is 3.89. The number of halogens is 1. The molecule has 0 atom stereocenters. The lowest BCUT2D eigenvalue weighted by Gasteiger charge is -2.11. The first-order valence-electron chi connectivity index (χ1n) is 8.10. The minimum atomic E-state index is -0.856. The number of fused-ring (bicyclic) bond motifs is 1. The molecule has 3 rings (SSSR count). The summed E-state index contributed by atoms with van der Waals surface area (Å²) in [6.45, 7) is 1.82. The van der Waals surface area contributed by atoms with Crippen LogP contribution in [0.15, 0.2) is 57.4 Å². The van der Waals surface area contributed by atoms with Gasteiger partial charge in [-0.3, -0.25) is 9.20 Å². The summed E-state index contributed by atoms with van der Waals surface area (Å²) in [5.41, 5.74) is 0.331. The summed E-state index contributed by atoms with van der Waals surface area (Å²) in [7, 11) is 1.15. The standard InChI is InChI=1S/C20H14BrN3O4/c1-12-4-3-9-24-17(12)23-18(28-15-7-5-14(21)6-8-15)16(19(24)25)10-13(11-22)20(26)27-2/h3-10H,1-2H3. The van der Waals surface area contributed by atoms with Crippen LogP contribution in [-0.2, 0) is 9.53 Å². The van der Waals surface area contributed by atoms with Gasteiger partial charge < -0.3 is 9.47 Å². The first-order valence-corrected chi connectivity index (χ1v) is 8.89. The number of rotatable bonds is 4. The molecule has 2 heterocycles. The highest BCUT2D eigenvalue weighted by Crippen LogP contribution is 2.26. The van der Waals surface area contributed by atoms with Crippen molar-refractivity contribution in [3.8, 4) is 17.7 Å². The van der Waals surface area contributed by atoms with Crippen LogP contribution in [0.5, 0.6) is 11.6 Å². The molecule has 1 aromatic carbocycles. The van der Waals surface area contributed by atoms with Crippen molar-refractivity contribution in [1.82, 2.24) is 9.38 Å². The van der Waals surface area contributed by atoms with Crippen molar-refractivity contribution in [2.75, 3.05) is 7.11 Å². The van der Waals surface area contributed by atoms with Crippen molar-refractivity contribution in [1.29, 1.82) is 5.26 Å². The maximum atomic E-state index is 13.0. The molecule has 0 fully saturated rings. The molecule has 3 aromatic rings. The normalized spacial score (nSPS) is 11.1. The second kappa shape index (κ2) is 8.06. The second-order valence-corrected chi connectivity index (χ2v) is 6.65. The molecule has 0 aliphatic carbocycles. The minimum Gasteiger partial charge on any atom is -0.465 e. The molecule has 0 spiro atoms. The number of aryl methyl sites for hydroxylation is 1. The molecule has 2 aromatic heterocycles. The van der Waals surface area contributed by atoms with Gasteiger partial charge in [0, 0.05) is 10.7 Å². The van der Waals surface area contributed by atoms with E-state index >= 15 is 0 Å². The zero-order chi connectivity index (χ0) is 20.3. The number of carbonyl (C=O) groups excluding carboxylic acids is 1. The van der Waals surface area contributed by atoms with Crippen LogP contribution >= 0.6 is 15.9 Å². The third kappa shape index (κ3) is 3.80. The van der Waals surface area contributed by atoms with Crippen LogP contribution in [-0.4, -0.2) is 22.5 Å². The molecule has 0 saturated heterocycles. The molecule has 140 valence electrons. The van der Waals surface area contributed by atoms with E-state index in [4.69, 9.17) is 4.74 Å². The first-order chi connectivity index (χ1) is 13.4. The number of nitriles is 1. The Morgan fingerprint density at radius 3 is 2.64 bits per heavy atom. The Bertz CT molecular complexity index is 1190. The van der Waals surface area contributed by atoms with E-state index in [1.165, 1.54) is 4.40 Å². The van der Waals surface area contributed by atoms with E-state index in [1.807, 2.05) is 13.0 Å². The second-order valence-electron chi connectivity index (χ2n) is 5.74. The summed E-state index contributed by atoms with van der Waals surface area (Å²) < 4.78 is 12.6. The summed E-state index contributed by atoms with van der Waals surface area (Å²) in [6, 6.07) is 12.2. The van der Waals surface area contributed by atoms with Gasteiger partial charge in [0.15, 0.2) is 0 Å². The minimum absolute atomic E-state index is 0.0155. The van der Waals surface area contributed by atoms with E-state index in [0.717, 1.165) is 23.2 Å². The largest absolute Gasteiger partial charge is 0.465 e. The molecule has 0 amide bonds. The summed E-state index contributed by atoms with van der Waals surface area (Å²) in [5.74, 6) is -0.427. The van der Waals surface area contributed by atoms with Crippen LogP contribution in [0.3, 0.4) is 0 Å². The number of pyridine rings is 1. The third-order valence-corrected chi connectivity index (χ3v) is 4.42. The van der Waals surface area contributed by atoms with E-state index in [-0.39, 0.29) is 17.0 Å². The van der Waals surface area contributed by atoms with Gasteiger partial charge in [0.05, 0.1) is 7.11 Å². The Labute approximate surface area is 168 Å². The molecule has 8 heteroatoms. The lowest BCUT2D eigenvalue weighted by molar-refractivity contribution is -0.135. The number of nitrogens with zero attached hydrogens (tertiary/aromatic N) is 3. The summed E-state index contributed by atoms with van der Waals surface area (Å²) in [4.78, 5) is 29.3. The van der Waals surface area contributed by atoms with E-state index in [9.17, 15) is 14.9 Å². The van der Waals surface area contributed by atoms with Crippen LogP contribution in [0.2, 0.25) is 0 Å². The van der Waals surface area contributed by atoms with Gasteiger partial charge >= 0.3 is 5.97 Å². The first kappa shape index (κ1) is 19.3. The lowest BCUT2D eigenvalue weighted by Crippen LogP contribution is -2.20. The number of aromatic nitrogens is 2. The number of benzene rings is 1. The van der Waals surface area contributed by atoms with Gasteiger partial charge in [0.1, 0.15) is 28.6 Å². The van der Waals surface area contributed by atoms with Crippen LogP contribution in [0.25, 0.3) is 11.7 Å². The summed E-state index contributed by atoms with van der Waals surface area (Å²) in [5, 5.41) is 9.25. The monoisotopic (exact) mass is 439 g/mol. The van der Waals surface area contributed by atoms with Crippen LogP contribution in [0.4, 0.5) is 0 Å². The molecule has 0 radical (unpaired) electrons. The molecule has 28 heavy (non-hydrogen) atoms. The van der Waals surface area contributed by atoms with E-state index in [2.05, 4.69) is 25.7 Å². The fraction of sp³-hybridized carbons (Fsp3) is 0.100. The lowest BCUT2D eigenvalue weighted by atomic mass is 10.2. The number of carbonyl (C=O) groups is 1. The van der Waals surface area contributed by atoms with Gasteiger partial charge in [0.25, 0.3) is 5.56 Å². The van der Waals surface area contributed by atoms with Gasteiger partial charge in [-0.1, -0.05) is 22.0 Å². The van der Waals surface area contributed by atoms with Crippen LogP contribution < -0.4 is 10.3 Å². The zero-order valence-electron chi connectivity index (χ0n) is 15.0. The van der Waals surface area contributed by atoms with Crippen molar-refractivity contribution in [2.45, 2.75) is 6.92 Å². The van der Waals surface area contributed by atoms with Gasteiger partial charge in [-0.25, -0.2) is 4.79 Å². The summed E-state index contributed by atoms with van der Waals surface area (Å²) >= 11 is 3.34. The van der Waals surface area contributed by atoms with E-state index in [1.54, 1.807) is 42.6 Å². The molecular weight excluding hydrogens is 426 g/mol. The maximum Gasteiger partial charge on any atom is 0.348 e. The Balaban J connectivity index is 2.27. The van der Waals surface area contributed by atoms with Crippen molar-refractivity contribution >= 4 is 33.6 Å². The van der Waals surface area contributed by atoms with E-state index in [0.29, 0.717) is 11.4 Å². The average molecular weight is 440 g/mol. The molecule has 0 bridgehead atoms. The predicted octanol–water partition coefficient (Wildman–Crippen LogP) is 3.64. The molecule has 0 N–H and O–H groups in total. The smallest absolute Gasteiger partial charge is 0.348 e. The number of esters is 1. The van der Waals surface area contributed by atoms with Gasteiger partial charge in [-0.15, -0.1) is 0 Å². The Morgan fingerprint density at radius 2 is 2.00 bits per heavy atom. The molecule has 7 nitrogen and oxygen atoms in total. The van der Waals surface area contributed by atoms with Crippen LogP contribution in [0, 0.1) is 18.3 Å². The summed E-state index contributed by atoms with van der Waals surface area (Å²) in [6.07, 6.45) is 2.69. The highest BCUT2D eigenvalue weighted by atomic mass is 79.9. The predicted molar refractivity (Wildman–Crippen MR) is 106 cm³/mol. The number of methoxy groups -OCH3 is 1. The average Bonchev–Trinajstić information content (AvgIpc) is 2.70. The van der Waals surface area contributed by atoms with E-state index < -0.39 is 11.5 Å². The maximum absolute atomic E-state index is 13.0. The molecule has 0 saturated carbocycles. The van der Waals surface area contributed by atoms with Gasteiger partial charge in [-0.2, -0.15) is 10.2 Å². The van der Waals surface area contributed by atoms with Gasteiger partial charge in [-0.05, 0) is 48.9 Å². The Morgan fingerprint density at radius 1 is 1.29 bits per heavy atom. The Kier molecular flexibility index (Phi) is 5.57. The number of hydrogen-bond donors (Lipinski definition) is 0.